The van der Waals surface area contributed by atoms with Crippen molar-refractivity contribution in [2.75, 3.05) is 32.7 Å². The number of nitrogens with zero attached hydrogens (tertiary/aromatic N) is 4. The molecule has 158 valence electrons. The largest absolute Gasteiger partial charge is 0.416 e. The quantitative estimate of drug-likeness (QED) is 0.713. The second-order valence-electron chi connectivity index (χ2n) is 6.73. The number of alkyl halides is 6. The van der Waals surface area contributed by atoms with Gasteiger partial charge in [-0.1, -0.05) is 0 Å². The van der Waals surface area contributed by atoms with Gasteiger partial charge in [-0.3, -0.25) is 9.69 Å². The Morgan fingerprint density at radius 1 is 0.897 bits per heavy atom. The summed E-state index contributed by atoms with van der Waals surface area (Å²) < 4.78 is 79.8. The van der Waals surface area contributed by atoms with Crippen LogP contribution in [0.2, 0.25) is 0 Å². The predicted molar refractivity (Wildman–Crippen MR) is 91.0 cm³/mol. The van der Waals surface area contributed by atoms with Crippen LogP contribution in [0.25, 0.3) is 0 Å². The van der Waals surface area contributed by atoms with Gasteiger partial charge in [0.1, 0.15) is 0 Å². The fraction of sp³-hybridized carbons (Fsp3) is 0.444. The maximum Gasteiger partial charge on any atom is 0.416 e. The van der Waals surface area contributed by atoms with Crippen molar-refractivity contribution in [1.82, 2.24) is 19.4 Å². The summed E-state index contributed by atoms with van der Waals surface area (Å²) in [5.74, 6) is -0.837. The van der Waals surface area contributed by atoms with E-state index < -0.39 is 35.0 Å². The molecule has 0 radical (unpaired) electrons. The lowest BCUT2D eigenvalue weighted by molar-refractivity contribution is -0.143. The van der Waals surface area contributed by atoms with Crippen LogP contribution in [0.5, 0.6) is 0 Å². The summed E-state index contributed by atoms with van der Waals surface area (Å²) in [5.41, 5.74) is -3.59. The third-order valence-corrected chi connectivity index (χ3v) is 4.73. The summed E-state index contributed by atoms with van der Waals surface area (Å²) in [6, 6.07) is 0.969. The molecule has 1 fully saturated rings. The van der Waals surface area contributed by atoms with Gasteiger partial charge in [0.15, 0.2) is 0 Å². The first-order valence-electron chi connectivity index (χ1n) is 8.81. The smallest absolute Gasteiger partial charge is 0.336 e. The number of carbonyl (C=O) groups excluding carboxylic acids is 1. The van der Waals surface area contributed by atoms with Crippen molar-refractivity contribution in [1.29, 1.82) is 0 Å². The molecule has 2 heterocycles. The van der Waals surface area contributed by atoms with Gasteiger partial charge >= 0.3 is 12.4 Å². The molecule has 0 unspecified atom stereocenters. The van der Waals surface area contributed by atoms with Crippen LogP contribution in [-0.4, -0.2) is 58.0 Å². The Hall–Kier alpha value is -2.56. The lowest BCUT2D eigenvalue weighted by Crippen LogP contribution is -2.49. The van der Waals surface area contributed by atoms with Crippen molar-refractivity contribution in [3.63, 3.8) is 0 Å². The van der Waals surface area contributed by atoms with E-state index in [2.05, 4.69) is 9.88 Å². The molecule has 1 aromatic carbocycles. The Morgan fingerprint density at radius 2 is 1.48 bits per heavy atom. The molecule has 1 saturated heterocycles. The zero-order chi connectivity index (χ0) is 21.2. The standard InChI is InChI=1S/C18H18F6N4O/c19-17(20,21)14-9-13(10-15(11-14)18(22,23)24)16(29)28-7-5-26(6-8-28)3-4-27-2-1-25-12-27/h1-2,9-12H,3-8H2. The third-order valence-electron chi connectivity index (χ3n) is 4.73. The molecule has 1 aliphatic rings. The Balaban J connectivity index is 1.68. The first kappa shape index (κ1) is 21.2. The highest BCUT2D eigenvalue weighted by Crippen LogP contribution is 2.36. The molecule has 2 aromatic rings. The lowest BCUT2D eigenvalue weighted by atomic mass is 10.0. The van der Waals surface area contributed by atoms with Crippen LogP contribution < -0.4 is 0 Å². The highest BCUT2D eigenvalue weighted by atomic mass is 19.4. The molecular formula is C18H18F6N4O. The first-order chi connectivity index (χ1) is 13.5. The average Bonchev–Trinajstić information content (AvgIpc) is 3.18. The maximum atomic E-state index is 13.0. The normalized spacial score (nSPS) is 16.3. The molecule has 0 saturated carbocycles. The maximum absolute atomic E-state index is 13.0. The van der Waals surface area contributed by atoms with Crippen LogP contribution in [0.4, 0.5) is 26.3 Å². The zero-order valence-corrected chi connectivity index (χ0v) is 15.2. The second kappa shape index (κ2) is 8.05. The van der Waals surface area contributed by atoms with Gasteiger partial charge in [-0.2, -0.15) is 26.3 Å². The minimum atomic E-state index is -4.98. The molecule has 0 bridgehead atoms. The first-order valence-corrected chi connectivity index (χ1v) is 8.81. The van der Waals surface area contributed by atoms with E-state index in [0.29, 0.717) is 38.3 Å². The zero-order valence-electron chi connectivity index (χ0n) is 15.2. The fourth-order valence-electron chi connectivity index (χ4n) is 3.11. The van der Waals surface area contributed by atoms with Gasteiger partial charge in [-0.15, -0.1) is 0 Å². The van der Waals surface area contributed by atoms with E-state index in [1.54, 1.807) is 12.5 Å². The molecule has 3 rings (SSSR count). The van der Waals surface area contributed by atoms with Crippen molar-refractivity contribution in [3.05, 3.63) is 53.6 Å². The topological polar surface area (TPSA) is 41.4 Å². The van der Waals surface area contributed by atoms with Gasteiger partial charge in [-0.25, -0.2) is 4.98 Å². The van der Waals surface area contributed by atoms with Crippen molar-refractivity contribution < 1.29 is 31.1 Å². The highest BCUT2D eigenvalue weighted by molar-refractivity contribution is 5.94. The Morgan fingerprint density at radius 3 is 1.97 bits per heavy atom. The summed E-state index contributed by atoms with van der Waals surface area (Å²) in [5, 5.41) is 0. The molecule has 0 N–H and O–H groups in total. The number of amides is 1. The Kier molecular flexibility index (Phi) is 5.87. The molecule has 11 heteroatoms. The minimum Gasteiger partial charge on any atom is -0.336 e. The summed E-state index contributed by atoms with van der Waals surface area (Å²) in [7, 11) is 0. The molecular weight excluding hydrogens is 402 g/mol. The number of piperazine rings is 1. The molecule has 5 nitrogen and oxygen atoms in total. The second-order valence-corrected chi connectivity index (χ2v) is 6.73. The van der Waals surface area contributed by atoms with Crippen molar-refractivity contribution in [2.45, 2.75) is 18.9 Å². The Labute approximate surface area is 162 Å². The number of hydrogen-bond donors (Lipinski definition) is 0. The van der Waals surface area contributed by atoms with Crippen molar-refractivity contribution in [3.8, 4) is 0 Å². The molecule has 1 aromatic heterocycles. The van der Waals surface area contributed by atoms with Crippen LogP contribution in [0.3, 0.4) is 0 Å². The molecule has 0 spiro atoms. The molecule has 0 atom stereocenters. The number of benzene rings is 1. The van der Waals surface area contributed by atoms with E-state index in [-0.39, 0.29) is 19.2 Å². The number of aromatic nitrogens is 2. The third kappa shape index (κ3) is 5.28. The summed E-state index contributed by atoms with van der Waals surface area (Å²) >= 11 is 0. The van der Waals surface area contributed by atoms with E-state index in [9.17, 15) is 31.1 Å². The van der Waals surface area contributed by atoms with Crippen molar-refractivity contribution in [2.24, 2.45) is 0 Å². The fourth-order valence-corrected chi connectivity index (χ4v) is 3.11. The SMILES string of the molecule is O=C(c1cc(C(F)(F)F)cc(C(F)(F)F)c1)N1CCN(CCn2ccnc2)CC1. The van der Waals surface area contributed by atoms with Gasteiger partial charge in [-0.05, 0) is 18.2 Å². The number of halogens is 6. The average molecular weight is 420 g/mol. The number of rotatable bonds is 4. The van der Waals surface area contributed by atoms with E-state index in [1.165, 1.54) is 4.90 Å². The van der Waals surface area contributed by atoms with Crippen LogP contribution in [0, 0.1) is 0 Å². The van der Waals surface area contributed by atoms with Gasteiger partial charge in [0.2, 0.25) is 0 Å². The number of imidazole rings is 1. The predicted octanol–water partition coefficient (Wildman–Crippen LogP) is 3.38. The molecule has 1 amide bonds. The van der Waals surface area contributed by atoms with Crippen LogP contribution in [0.15, 0.2) is 36.9 Å². The van der Waals surface area contributed by atoms with E-state index in [4.69, 9.17) is 0 Å². The van der Waals surface area contributed by atoms with E-state index in [1.807, 2.05) is 10.8 Å². The molecule has 29 heavy (non-hydrogen) atoms. The van der Waals surface area contributed by atoms with Crippen LogP contribution >= 0.6 is 0 Å². The lowest BCUT2D eigenvalue weighted by Gasteiger charge is -2.35. The Bertz CT molecular complexity index is 807. The van der Waals surface area contributed by atoms with E-state index >= 15 is 0 Å². The number of carbonyl (C=O) groups is 1. The highest BCUT2D eigenvalue weighted by Gasteiger charge is 2.38. The summed E-state index contributed by atoms with van der Waals surface area (Å²) in [4.78, 5) is 19.9. The van der Waals surface area contributed by atoms with Gasteiger partial charge in [0.25, 0.3) is 5.91 Å². The monoisotopic (exact) mass is 420 g/mol. The molecule has 0 aliphatic carbocycles. The molecule has 1 aliphatic heterocycles. The van der Waals surface area contributed by atoms with Crippen molar-refractivity contribution >= 4 is 5.91 Å². The van der Waals surface area contributed by atoms with Crippen LogP contribution in [0.1, 0.15) is 21.5 Å². The number of hydrogen-bond acceptors (Lipinski definition) is 3. The van der Waals surface area contributed by atoms with Gasteiger partial charge in [0, 0.05) is 57.2 Å². The summed E-state index contributed by atoms with van der Waals surface area (Å²) in [6.45, 7) is 2.79. The minimum absolute atomic E-state index is 0.0187. The van der Waals surface area contributed by atoms with E-state index in [0.717, 1.165) is 0 Å². The van der Waals surface area contributed by atoms with Gasteiger partial charge < -0.3 is 9.47 Å². The summed E-state index contributed by atoms with van der Waals surface area (Å²) in [6.07, 6.45) is -4.83. The van der Waals surface area contributed by atoms with Crippen LogP contribution in [-0.2, 0) is 18.9 Å². The van der Waals surface area contributed by atoms with Gasteiger partial charge in [0.05, 0.1) is 17.5 Å².